The van der Waals surface area contributed by atoms with E-state index < -0.39 is 11.4 Å². The first-order valence-electron chi connectivity index (χ1n) is 24.3. The molecule has 0 amide bonds. The van der Waals surface area contributed by atoms with Gasteiger partial charge in [-0.1, -0.05) is 252 Å². The topological polar surface area (TPSA) is 37.3 Å². The summed E-state index contributed by atoms with van der Waals surface area (Å²) in [5.41, 5.74) is -0.562. The zero-order valence-corrected chi connectivity index (χ0v) is 35.9. The SMILES string of the molecule is CCCCCCCCCCC(CCCCCCCCCC)(C(=O)O)C(CCCCCCCCCC)(CCCCCCCCCC)C1CCCCC1. The lowest BCUT2D eigenvalue weighted by molar-refractivity contribution is -0.170. The number of carboxylic acid groups (broad SMARTS) is 1. The van der Waals surface area contributed by atoms with Crippen LogP contribution < -0.4 is 0 Å². The van der Waals surface area contributed by atoms with E-state index in [0.717, 1.165) is 25.7 Å². The normalized spacial score (nSPS) is 14.4. The second-order valence-corrected chi connectivity index (χ2v) is 17.8. The van der Waals surface area contributed by atoms with Gasteiger partial charge in [-0.05, 0) is 49.9 Å². The maximum Gasteiger partial charge on any atom is 0.310 e. The van der Waals surface area contributed by atoms with Gasteiger partial charge < -0.3 is 5.11 Å². The number of carbonyl (C=O) groups is 1. The molecule has 0 aromatic carbocycles. The third kappa shape index (κ3) is 21.2. The third-order valence-electron chi connectivity index (χ3n) is 13.6. The molecule has 2 heteroatoms. The Morgan fingerprint density at radius 3 is 0.922 bits per heavy atom. The predicted octanol–water partition coefficient (Wildman–Crippen LogP) is 17.7. The highest BCUT2D eigenvalue weighted by atomic mass is 16.4. The number of carboxylic acids is 1. The highest BCUT2D eigenvalue weighted by Gasteiger charge is 2.57. The monoisotopic (exact) mass is 717 g/mol. The number of unbranched alkanes of at least 4 members (excludes halogenated alkanes) is 28. The molecule has 304 valence electrons. The van der Waals surface area contributed by atoms with Crippen molar-refractivity contribution in [2.24, 2.45) is 16.7 Å². The van der Waals surface area contributed by atoms with Gasteiger partial charge >= 0.3 is 5.97 Å². The van der Waals surface area contributed by atoms with E-state index in [1.54, 1.807) is 0 Å². The molecule has 1 aliphatic carbocycles. The fraction of sp³-hybridized carbons (Fsp3) is 0.980. The van der Waals surface area contributed by atoms with Crippen LogP contribution in [0, 0.1) is 16.7 Å². The van der Waals surface area contributed by atoms with Gasteiger partial charge in [-0.15, -0.1) is 0 Å². The molecule has 1 N–H and O–H groups in total. The van der Waals surface area contributed by atoms with Crippen LogP contribution in [0.25, 0.3) is 0 Å². The van der Waals surface area contributed by atoms with Crippen molar-refractivity contribution in [3.8, 4) is 0 Å². The molecule has 1 fully saturated rings. The van der Waals surface area contributed by atoms with Gasteiger partial charge in [0, 0.05) is 0 Å². The Bertz CT molecular complexity index is 696. The molecule has 0 saturated heterocycles. The molecule has 0 atom stereocenters. The van der Waals surface area contributed by atoms with Crippen LogP contribution in [0.2, 0.25) is 0 Å². The summed E-state index contributed by atoms with van der Waals surface area (Å²) >= 11 is 0. The van der Waals surface area contributed by atoms with E-state index >= 15 is 0 Å². The van der Waals surface area contributed by atoms with E-state index in [2.05, 4.69) is 27.7 Å². The minimum atomic E-state index is -0.540. The Hall–Kier alpha value is -0.530. The average Bonchev–Trinajstić information content (AvgIpc) is 3.14. The van der Waals surface area contributed by atoms with Crippen LogP contribution in [-0.4, -0.2) is 11.1 Å². The predicted molar refractivity (Wildman–Crippen MR) is 228 cm³/mol. The molecule has 2 nitrogen and oxygen atoms in total. The molecule has 0 aromatic rings. The molecule has 0 bridgehead atoms. The van der Waals surface area contributed by atoms with Gasteiger partial charge in [0.05, 0.1) is 5.41 Å². The summed E-state index contributed by atoms with van der Waals surface area (Å²) < 4.78 is 0. The fourth-order valence-corrected chi connectivity index (χ4v) is 10.4. The lowest BCUT2D eigenvalue weighted by Crippen LogP contribution is -2.53. The summed E-state index contributed by atoms with van der Waals surface area (Å²) in [6.07, 6.45) is 53.1. The van der Waals surface area contributed by atoms with E-state index in [0.29, 0.717) is 5.92 Å². The standard InChI is InChI=1S/C49H96O2/c1-5-9-13-17-21-25-29-36-42-48(46-40-34-33-35-41-46,43-37-30-26-22-18-14-10-6-2)49(47(50)51,44-38-31-27-23-19-15-11-7-3)45-39-32-28-24-20-16-12-8-4/h46H,5-45H2,1-4H3,(H,50,51). The Morgan fingerprint density at radius 2 is 0.647 bits per heavy atom. The van der Waals surface area contributed by atoms with E-state index in [1.165, 1.54) is 238 Å². The van der Waals surface area contributed by atoms with Crippen LogP contribution in [-0.2, 0) is 4.79 Å². The molecule has 0 aromatic heterocycles. The molecule has 1 saturated carbocycles. The number of rotatable bonds is 39. The molecule has 1 aliphatic rings. The zero-order valence-electron chi connectivity index (χ0n) is 35.9. The summed E-state index contributed by atoms with van der Waals surface area (Å²) in [6.45, 7) is 9.23. The third-order valence-corrected chi connectivity index (χ3v) is 13.6. The Labute approximate surface area is 322 Å². The van der Waals surface area contributed by atoms with Gasteiger partial charge in [0.25, 0.3) is 0 Å². The van der Waals surface area contributed by atoms with Crippen molar-refractivity contribution in [1.82, 2.24) is 0 Å². The van der Waals surface area contributed by atoms with Crippen LogP contribution in [0.1, 0.15) is 291 Å². The van der Waals surface area contributed by atoms with Crippen molar-refractivity contribution >= 4 is 5.97 Å². The smallest absolute Gasteiger partial charge is 0.310 e. The van der Waals surface area contributed by atoms with E-state index in [9.17, 15) is 9.90 Å². The van der Waals surface area contributed by atoms with Crippen molar-refractivity contribution in [3.05, 3.63) is 0 Å². The second-order valence-electron chi connectivity index (χ2n) is 17.8. The molecular formula is C49H96O2. The second kappa shape index (κ2) is 34.0. The molecule has 0 aliphatic heterocycles. The maximum absolute atomic E-state index is 14.3. The van der Waals surface area contributed by atoms with Gasteiger partial charge in [-0.2, -0.15) is 0 Å². The van der Waals surface area contributed by atoms with E-state index in [4.69, 9.17) is 0 Å². The molecule has 0 spiro atoms. The van der Waals surface area contributed by atoms with E-state index in [1.807, 2.05) is 0 Å². The lowest BCUT2D eigenvalue weighted by Gasteiger charge is -2.55. The number of aliphatic carboxylic acids is 1. The summed E-state index contributed by atoms with van der Waals surface area (Å²) in [6, 6.07) is 0. The van der Waals surface area contributed by atoms with Crippen molar-refractivity contribution in [3.63, 3.8) is 0 Å². The fourth-order valence-electron chi connectivity index (χ4n) is 10.4. The number of hydrogen-bond acceptors (Lipinski definition) is 1. The molecule has 0 heterocycles. The van der Waals surface area contributed by atoms with Gasteiger partial charge in [-0.3, -0.25) is 4.79 Å². The average molecular weight is 717 g/mol. The largest absolute Gasteiger partial charge is 0.481 e. The van der Waals surface area contributed by atoms with Crippen LogP contribution in [0.5, 0.6) is 0 Å². The lowest BCUT2D eigenvalue weighted by atomic mass is 9.48. The number of hydrogen-bond donors (Lipinski definition) is 1. The molecular weight excluding hydrogens is 621 g/mol. The highest BCUT2D eigenvalue weighted by Crippen LogP contribution is 2.61. The van der Waals surface area contributed by atoms with Crippen molar-refractivity contribution in [2.45, 2.75) is 291 Å². The minimum absolute atomic E-state index is 0.0219. The first-order valence-corrected chi connectivity index (χ1v) is 24.3. The molecule has 0 unspecified atom stereocenters. The zero-order chi connectivity index (χ0) is 37.1. The van der Waals surface area contributed by atoms with Gasteiger partial charge in [0.15, 0.2) is 0 Å². The van der Waals surface area contributed by atoms with Crippen molar-refractivity contribution in [2.75, 3.05) is 0 Å². The molecule has 1 rings (SSSR count). The molecule has 0 radical (unpaired) electrons. The highest BCUT2D eigenvalue weighted by molar-refractivity contribution is 5.76. The summed E-state index contributed by atoms with van der Waals surface area (Å²) in [4.78, 5) is 14.3. The van der Waals surface area contributed by atoms with Gasteiger partial charge in [0.1, 0.15) is 0 Å². The summed E-state index contributed by atoms with van der Waals surface area (Å²) in [5.74, 6) is 0.220. The van der Waals surface area contributed by atoms with Gasteiger partial charge in [-0.25, -0.2) is 0 Å². The van der Waals surface area contributed by atoms with E-state index in [-0.39, 0.29) is 5.41 Å². The van der Waals surface area contributed by atoms with Crippen molar-refractivity contribution < 1.29 is 9.90 Å². The minimum Gasteiger partial charge on any atom is -0.481 e. The van der Waals surface area contributed by atoms with Crippen LogP contribution in [0.3, 0.4) is 0 Å². The first kappa shape index (κ1) is 48.5. The van der Waals surface area contributed by atoms with Crippen molar-refractivity contribution in [1.29, 1.82) is 0 Å². The quantitative estimate of drug-likeness (QED) is 0.0643. The maximum atomic E-state index is 14.3. The summed E-state index contributed by atoms with van der Waals surface area (Å²) in [5, 5.41) is 11.7. The van der Waals surface area contributed by atoms with Gasteiger partial charge in [0.2, 0.25) is 0 Å². The van der Waals surface area contributed by atoms with Crippen LogP contribution in [0.4, 0.5) is 0 Å². The van der Waals surface area contributed by atoms with Crippen LogP contribution in [0.15, 0.2) is 0 Å². The Kier molecular flexibility index (Phi) is 32.3. The first-order chi connectivity index (χ1) is 25.0. The molecule has 51 heavy (non-hydrogen) atoms. The Balaban J connectivity index is 3.29. The van der Waals surface area contributed by atoms with Crippen LogP contribution >= 0.6 is 0 Å². The summed E-state index contributed by atoms with van der Waals surface area (Å²) in [7, 11) is 0. The Morgan fingerprint density at radius 1 is 0.392 bits per heavy atom.